The van der Waals surface area contributed by atoms with Crippen molar-refractivity contribution in [2.24, 2.45) is 5.92 Å². The Bertz CT molecular complexity index is 688. The van der Waals surface area contributed by atoms with Crippen molar-refractivity contribution in [1.82, 2.24) is 15.6 Å². The van der Waals surface area contributed by atoms with Gasteiger partial charge in [0.2, 0.25) is 0 Å². The Balaban J connectivity index is 0.00000156. The molecule has 1 saturated heterocycles. The Morgan fingerprint density at radius 2 is 1.88 bits per heavy atom. The molecule has 2 heterocycles. The zero-order valence-electron chi connectivity index (χ0n) is 14.3. The Kier molecular flexibility index (Phi) is 8.90. The van der Waals surface area contributed by atoms with E-state index in [0.717, 1.165) is 49.3 Å². The van der Waals surface area contributed by atoms with Gasteiger partial charge in [0.15, 0.2) is 0 Å². The number of nitrogens with one attached hydrogen (secondary N) is 2. The summed E-state index contributed by atoms with van der Waals surface area (Å²) in [7, 11) is 0. The number of hydrogen-bond donors (Lipinski definition) is 2. The number of hydrogen-bond acceptors (Lipinski definition) is 3. The fourth-order valence-electron chi connectivity index (χ4n) is 2.99. The van der Waals surface area contributed by atoms with E-state index in [-0.39, 0.29) is 30.7 Å². The third-order valence-electron chi connectivity index (χ3n) is 4.36. The monoisotopic (exact) mass is 381 g/mol. The Labute approximate surface area is 161 Å². The van der Waals surface area contributed by atoms with E-state index in [4.69, 9.17) is 0 Å². The summed E-state index contributed by atoms with van der Waals surface area (Å²) in [4.78, 5) is 16.6. The molecule has 1 aliphatic heterocycles. The lowest BCUT2D eigenvalue weighted by molar-refractivity contribution is 0.0944. The maximum Gasteiger partial charge on any atom is 0.251 e. The molecule has 1 aromatic heterocycles. The number of aromatic nitrogens is 1. The lowest BCUT2D eigenvalue weighted by Crippen LogP contribution is -2.35. The predicted molar refractivity (Wildman–Crippen MR) is 107 cm³/mol. The highest BCUT2D eigenvalue weighted by Crippen LogP contribution is 2.20. The largest absolute Gasteiger partial charge is 0.352 e. The minimum atomic E-state index is 0. The van der Waals surface area contributed by atoms with Crippen LogP contribution >= 0.6 is 24.8 Å². The van der Waals surface area contributed by atoms with E-state index in [9.17, 15) is 4.79 Å². The summed E-state index contributed by atoms with van der Waals surface area (Å²) in [5.41, 5.74) is 3.82. The van der Waals surface area contributed by atoms with Crippen molar-refractivity contribution >= 4 is 30.7 Å². The molecule has 0 atom stereocenters. The average Bonchev–Trinajstić information content (AvgIpc) is 2.61. The number of piperidine rings is 1. The summed E-state index contributed by atoms with van der Waals surface area (Å²) >= 11 is 0. The van der Waals surface area contributed by atoms with Crippen molar-refractivity contribution in [3.63, 3.8) is 0 Å². The number of pyridine rings is 1. The first-order valence-electron chi connectivity index (χ1n) is 8.24. The van der Waals surface area contributed by atoms with E-state index in [2.05, 4.69) is 15.6 Å². The second-order valence-corrected chi connectivity index (χ2v) is 6.17. The van der Waals surface area contributed by atoms with E-state index >= 15 is 0 Å². The quantitative estimate of drug-likeness (QED) is 0.849. The highest BCUT2D eigenvalue weighted by molar-refractivity contribution is 5.95. The number of carbonyl (C=O) groups excluding carboxylic acids is 1. The fourth-order valence-corrected chi connectivity index (χ4v) is 2.99. The van der Waals surface area contributed by atoms with Crippen LogP contribution in [-0.2, 0) is 0 Å². The van der Waals surface area contributed by atoms with E-state index < -0.39 is 0 Å². The van der Waals surface area contributed by atoms with Crippen molar-refractivity contribution < 1.29 is 4.79 Å². The highest BCUT2D eigenvalue weighted by Gasteiger charge is 2.14. The number of halogens is 2. The molecule has 1 amide bonds. The van der Waals surface area contributed by atoms with Crippen LogP contribution in [0.5, 0.6) is 0 Å². The van der Waals surface area contributed by atoms with Crippen LogP contribution in [0.2, 0.25) is 0 Å². The first-order valence-corrected chi connectivity index (χ1v) is 8.24. The standard InChI is InChI=1S/C19H23N3O.2ClH/c1-14-11-17(7-10-21-14)16-3-2-4-18(12-16)19(23)22-13-15-5-8-20-9-6-15;;/h2-4,7,10-12,15,20H,5-6,8-9,13H2,1H3,(H,22,23);2*1H. The molecule has 6 heteroatoms. The molecular formula is C19H25Cl2N3O. The number of carbonyl (C=O) groups is 1. The normalized spacial score (nSPS) is 14.1. The minimum absolute atomic E-state index is 0. The zero-order chi connectivity index (χ0) is 16.1. The van der Waals surface area contributed by atoms with Crippen LogP contribution in [0, 0.1) is 12.8 Å². The van der Waals surface area contributed by atoms with Gasteiger partial charge in [0.1, 0.15) is 0 Å². The summed E-state index contributed by atoms with van der Waals surface area (Å²) < 4.78 is 0. The zero-order valence-corrected chi connectivity index (χ0v) is 16.0. The third kappa shape index (κ3) is 5.99. The van der Waals surface area contributed by atoms with Gasteiger partial charge < -0.3 is 10.6 Å². The van der Waals surface area contributed by atoms with Crippen molar-refractivity contribution in [1.29, 1.82) is 0 Å². The molecule has 136 valence electrons. The summed E-state index contributed by atoms with van der Waals surface area (Å²) in [6, 6.07) is 11.8. The molecule has 0 aliphatic carbocycles. The van der Waals surface area contributed by atoms with Crippen LogP contribution in [-0.4, -0.2) is 30.5 Å². The van der Waals surface area contributed by atoms with Crippen LogP contribution in [0.25, 0.3) is 11.1 Å². The molecule has 4 nitrogen and oxygen atoms in total. The van der Waals surface area contributed by atoms with Gasteiger partial charge >= 0.3 is 0 Å². The van der Waals surface area contributed by atoms with Crippen LogP contribution in [0.4, 0.5) is 0 Å². The topological polar surface area (TPSA) is 54.0 Å². The number of aryl methyl sites for hydroxylation is 1. The molecule has 0 bridgehead atoms. The Morgan fingerprint density at radius 3 is 2.60 bits per heavy atom. The first kappa shape index (κ1) is 21.4. The Hall–Kier alpha value is -1.62. The maximum absolute atomic E-state index is 12.4. The molecule has 3 rings (SSSR count). The second kappa shape index (κ2) is 10.4. The van der Waals surface area contributed by atoms with Gasteiger partial charge in [-0.05, 0) is 74.2 Å². The van der Waals surface area contributed by atoms with Gasteiger partial charge in [-0.3, -0.25) is 9.78 Å². The summed E-state index contributed by atoms with van der Waals surface area (Å²) in [6.07, 6.45) is 4.07. The van der Waals surface area contributed by atoms with Crippen LogP contribution < -0.4 is 10.6 Å². The molecule has 0 radical (unpaired) electrons. The van der Waals surface area contributed by atoms with Crippen molar-refractivity contribution in [2.75, 3.05) is 19.6 Å². The van der Waals surface area contributed by atoms with Crippen LogP contribution in [0.3, 0.4) is 0 Å². The van der Waals surface area contributed by atoms with Crippen molar-refractivity contribution in [3.05, 3.63) is 53.9 Å². The van der Waals surface area contributed by atoms with E-state index in [1.165, 1.54) is 0 Å². The highest BCUT2D eigenvalue weighted by atomic mass is 35.5. The molecule has 1 aromatic carbocycles. The molecule has 2 aromatic rings. The second-order valence-electron chi connectivity index (χ2n) is 6.17. The first-order chi connectivity index (χ1) is 11.2. The van der Waals surface area contributed by atoms with E-state index in [1.54, 1.807) is 6.20 Å². The minimum Gasteiger partial charge on any atom is -0.352 e. The van der Waals surface area contributed by atoms with Crippen molar-refractivity contribution in [2.45, 2.75) is 19.8 Å². The molecule has 1 aliphatic rings. The maximum atomic E-state index is 12.4. The molecule has 25 heavy (non-hydrogen) atoms. The SMILES string of the molecule is Cc1cc(-c2cccc(C(=O)NCC3CCNCC3)c2)ccn1.Cl.Cl. The smallest absolute Gasteiger partial charge is 0.251 e. The number of amides is 1. The van der Waals surface area contributed by atoms with Gasteiger partial charge in [-0.15, -0.1) is 24.8 Å². The number of rotatable bonds is 4. The average molecular weight is 382 g/mol. The summed E-state index contributed by atoms with van der Waals surface area (Å²) in [5.74, 6) is 0.599. The molecule has 0 spiro atoms. The molecule has 0 saturated carbocycles. The third-order valence-corrected chi connectivity index (χ3v) is 4.36. The van der Waals surface area contributed by atoms with Gasteiger partial charge in [-0.1, -0.05) is 12.1 Å². The van der Waals surface area contributed by atoms with Gasteiger partial charge in [0.25, 0.3) is 5.91 Å². The van der Waals surface area contributed by atoms with E-state index in [1.807, 2.05) is 43.3 Å². The van der Waals surface area contributed by atoms with Gasteiger partial charge in [-0.2, -0.15) is 0 Å². The Morgan fingerprint density at radius 1 is 1.16 bits per heavy atom. The lowest BCUT2D eigenvalue weighted by Gasteiger charge is -2.22. The summed E-state index contributed by atoms with van der Waals surface area (Å²) in [6.45, 7) is 4.84. The summed E-state index contributed by atoms with van der Waals surface area (Å²) in [5, 5.41) is 6.43. The van der Waals surface area contributed by atoms with Crippen molar-refractivity contribution in [3.8, 4) is 11.1 Å². The van der Waals surface area contributed by atoms with Gasteiger partial charge in [0.05, 0.1) is 0 Å². The predicted octanol–water partition coefficient (Wildman–Crippen LogP) is 3.63. The molecule has 1 fully saturated rings. The van der Waals surface area contributed by atoms with E-state index in [0.29, 0.717) is 11.5 Å². The molecule has 0 unspecified atom stereocenters. The van der Waals surface area contributed by atoms with Gasteiger partial charge in [0, 0.05) is 24.0 Å². The lowest BCUT2D eigenvalue weighted by atomic mass is 9.98. The van der Waals surface area contributed by atoms with Gasteiger partial charge in [-0.25, -0.2) is 0 Å². The molecular weight excluding hydrogens is 357 g/mol. The number of nitrogens with zero attached hydrogens (tertiary/aromatic N) is 1. The van der Waals surface area contributed by atoms with Crippen LogP contribution in [0.15, 0.2) is 42.6 Å². The molecule has 2 N–H and O–H groups in total. The fraction of sp³-hybridized carbons (Fsp3) is 0.368. The number of benzene rings is 1. The van der Waals surface area contributed by atoms with Crippen LogP contribution in [0.1, 0.15) is 28.9 Å².